The fourth-order valence-corrected chi connectivity index (χ4v) is 21.9. The van der Waals surface area contributed by atoms with Crippen molar-refractivity contribution in [3.63, 3.8) is 0 Å². The number of nitrogens with zero attached hydrogens (tertiary/aromatic N) is 2. The van der Waals surface area contributed by atoms with E-state index in [2.05, 4.69) is 421 Å². The molecule has 2 aliphatic carbocycles. The molecule has 0 saturated carbocycles. The van der Waals surface area contributed by atoms with E-state index in [1.54, 1.807) is 0 Å². The monoisotopic (exact) mass is 1440 g/mol. The van der Waals surface area contributed by atoms with E-state index in [0.717, 1.165) is 47.0 Å². The van der Waals surface area contributed by atoms with Gasteiger partial charge in [-0.25, -0.2) is 0 Å². The second kappa shape index (κ2) is 27.0. The molecular formula is C102H109GeN2. The molecule has 12 aromatic rings. The minimum atomic E-state index is -2.45. The van der Waals surface area contributed by atoms with Crippen LogP contribution in [0.1, 0.15) is 205 Å². The van der Waals surface area contributed by atoms with Crippen LogP contribution < -0.4 is 23.0 Å². The number of benzene rings is 12. The van der Waals surface area contributed by atoms with Gasteiger partial charge in [-0.15, -0.1) is 0 Å². The van der Waals surface area contributed by atoms with E-state index in [1.165, 1.54) is 113 Å². The van der Waals surface area contributed by atoms with Crippen molar-refractivity contribution in [3.8, 4) is 33.4 Å². The molecule has 0 heterocycles. The zero-order chi connectivity index (χ0) is 74.6. The van der Waals surface area contributed by atoms with Crippen molar-refractivity contribution in [3.05, 3.63) is 340 Å². The third kappa shape index (κ3) is 14.2. The SMILES string of the molecule is CC(C)(C)c1ccc(N(c2ccc(CC3(Cc4ccc(N(c5ccc(C(C)(C)C)cc5)c5ccc(C(C)(C)C)cc5)cc4)c4cc(-c5cc(C(C)(C)C)cc6c5-c5ccc(C(C)(C)C)cc5C6(C)C)ccc4-c4cc[c]([Ge]([c]5ccccc5)[c]5ccccc5)cc43)cc2)c2ccc(C(C)(C)C)cc2)cc1. The van der Waals surface area contributed by atoms with E-state index < -0.39 is 19.8 Å². The average Bonchev–Trinajstić information content (AvgIpc) is 1.55. The molecule has 0 aromatic heterocycles. The first kappa shape index (κ1) is 72.7. The van der Waals surface area contributed by atoms with Crippen molar-refractivity contribution < 1.29 is 0 Å². The Morgan fingerprint density at radius 2 is 0.581 bits per heavy atom. The van der Waals surface area contributed by atoms with Crippen LogP contribution in [0, 0.1) is 0 Å². The summed E-state index contributed by atoms with van der Waals surface area (Å²) in [7, 11) is 0. The summed E-state index contributed by atoms with van der Waals surface area (Å²) in [5.74, 6) is 0. The molecule has 531 valence electrons. The van der Waals surface area contributed by atoms with Crippen molar-refractivity contribution in [2.45, 2.75) is 195 Å². The van der Waals surface area contributed by atoms with Gasteiger partial charge in [0.2, 0.25) is 0 Å². The summed E-state index contributed by atoms with van der Waals surface area (Å²) in [5.41, 5.74) is 30.2. The predicted molar refractivity (Wildman–Crippen MR) is 455 cm³/mol. The van der Waals surface area contributed by atoms with Gasteiger partial charge >= 0.3 is 432 Å². The Morgan fingerprint density at radius 3 is 0.952 bits per heavy atom. The summed E-state index contributed by atoms with van der Waals surface area (Å²) < 4.78 is 4.34. The number of hydrogen-bond acceptors (Lipinski definition) is 2. The quantitative estimate of drug-likeness (QED) is 0.100. The van der Waals surface area contributed by atoms with Crippen molar-refractivity contribution in [1.82, 2.24) is 0 Å². The van der Waals surface area contributed by atoms with E-state index in [9.17, 15) is 0 Å². The topological polar surface area (TPSA) is 6.48 Å². The maximum absolute atomic E-state index is 2.71. The third-order valence-electron chi connectivity index (χ3n) is 23.0. The van der Waals surface area contributed by atoms with Crippen LogP contribution in [0.2, 0.25) is 0 Å². The van der Waals surface area contributed by atoms with Gasteiger partial charge in [0.15, 0.2) is 0 Å². The Kier molecular flexibility index (Phi) is 18.7. The van der Waals surface area contributed by atoms with Gasteiger partial charge in [-0.2, -0.15) is 0 Å². The molecule has 0 N–H and O–H groups in total. The summed E-state index contributed by atoms with van der Waals surface area (Å²) in [4.78, 5) is 4.90. The Morgan fingerprint density at radius 1 is 0.257 bits per heavy atom. The van der Waals surface area contributed by atoms with Gasteiger partial charge in [-0.05, 0) is 54.9 Å². The molecule has 0 aliphatic heterocycles. The van der Waals surface area contributed by atoms with Gasteiger partial charge in [0.25, 0.3) is 0 Å². The van der Waals surface area contributed by atoms with Crippen LogP contribution in [0.5, 0.6) is 0 Å². The Labute approximate surface area is 634 Å². The summed E-state index contributed by atoms with van der Waals surface area (Å²) in [6, 6.07) is 107. The van der Waals surface area contributed by atoms with Crippen molar-refractivity contribution in [2.24, 2.45) is 0 Å². The molecule has 2 aliphatic rings. The Hall–Kier alpha value is -9.22. The smallest absolute Gasteiger partial charge is 0.0564 e. The molecule has 1 radical (unpaired) electrons. The first-order valence-electron chi connectivity index (χ1n) is 38.4. The summed E-state index contributed by atoms with van der Waals surface area (Å²) in [5, 5.41) is 0. The standard InChI is InChI=1S/C102H109GeN2/c1-95(2,3)71-36-50-82(51-37-71)104(83-52-38-72(39-53-83)96(4,5)6)80-46-31-68(32-47-80)66-102(67-69-33-48-81(49-34-69)105(84-54-40-73(41-55-84)97(7,8)9)85-56-42-74(43-57-85)98(10,11)12)91-61-70(89-62-76(100(16,17)18)64-93-94(89)88-59-44-75(99(13,14)15)63-90(88)101(93,19)20)35-58-86(91)87-60-45-79(65-92(87)102)103(77-27-23-21-24-28-77)78-29-25-22-26-30-78/h21-65H,66-67H2,1-20H3. The van der Waals surface area contributed by atoms with Crippen molar-refractivity contribution in [2.75, 3.05) is 9.80 Å². The Balaban J connectivity index is 1.00. The molecule has 0 saturated heterocycles. The van der Waals surface area contributed by atoms with Crippen LogP contribution in [0.3, 0.4) is 0 Å². The van der Waals surface area contributed by atoms with Crippen LogP contribution in [-0.4, -0.2) is 14.3 Å². The molecule has 0 amide bonds. The molecule has 0 unspecified atom stereocenters. The van der Waals surface area contributed by atoms with Gasteiger partial charge in [0.05, 0.1) is 0 Å². The fraction of sp³-hybridized carbons (Fsp3) is 0.294. The molecule has 0 fully saturated rings. The van der Waals surface area contributed by atoms with E-state index in [-0.39, 0.29) is 37.9 Å². The van der Waals surface area contributed by atoms with E-state index >= 15 is 0 Å². The fourth-order valence-electron chi connectivity index (χ4n) is 16.5. The normalized spacial score (nSPS) is 14.0. The summed E-state index contributed by atoms with van der Waals surface area (Å²) in [6.45, 7) is 46.8. The average molecular weight is 1440 g/mol. The first-order valence-corrected chi connectivity index (χ1v) is 41.5. The van der Waals surface area contributed by atoms with E-state index in [1.807, 2.05) is 0 Å². The molecule has 14 rings (SSSR count). The van der Waals surface area contributed by atoms with Crippen LogP contribution >= 0.6 is 0 Å². The molecule has 0 bridgehead atoms. The van der Waals surface area contributed by atoms with Crippen molar-refractivity contribution >= 4 is 61.7 Å². The molecule has 2 nitrogen and oxygen atoms in total. The molecule has 105 heavy (non-hydrogen) atoms. The van der Waals surface area contributed by atoms with Gasteiger partial charge in [-0.3, -0.25) is 0 Å². The van der Waals surface area contributed by atoms with E-state index in [0.29, 0.717) is 0 Å². The first-order chi connectivity index (χ1) is 49.5. The van der Waals surface area contributed by atoms with Crippen LogP contribution in [0.15, 0.2) is 273 Å². The minimum Gasteiger partial charge on any atom is -0.0564 e. The second-order valence-electron chi connectivity index (χ2n) is 37.1. The zero-order valence-electron chi connectivity index (χ0n) is 66.3. The van der Waals surface area contributed by atoms with Gasteiger partial charge in [0.1, 0.15) is 0 Å². The third-order valence-corrected chi connectivity index (χ3v) is 28.6. The predicted octanol–water partition coefficient (Wildman–Crippen LogP) is 25.7. The molecule has 0 atom stereocenters. The zero-order valence-corrected chi connectivity index (χ0v) is 68.4. The maximum atomic E-state index is 2.71. The molecule has 0 spiro atoms. The molecule has 12 aromatic carbocycles. The van der Waals surface area contributed by atoms with Crippen LogP contribution in [0.25, 0.3) is 33.4 Å². The second-order valence-corrected chi connectivity index (χ2v) is 42.3. The molecular weight excluding hydrogens is 1330 g/mol. The number of rotatable bonds is 14. The number of fused-ring (bicyclic) bond motifs is 6. The Bertz CT molecular complexity index is 4810. The van der Waals surface area contributed by atoms with Crippen LogP contribution in [0.4, 0.5) is 34.1 Å². The van der Waals surface area contributed by atoms with Crippen molar-refractivity contribution in [1.29, 1.82) is 0 Å². The van der Waals surface area contributed by atoms with Gasteiger partial charge < -0.3 is 0 Å². The van der Waals surface area contributed by atoms with E-state index in [4.69, 9.17) is 0 Å². The minimum absolute atomic E-state index is 0.00947. The number of anilines is 6. The van der Waals surface area contributed by atoms with Gasteiger partial charge in [-0.1, -0.05) is 152 Å². The number of hydrogen-bond donors (Lipinski definition) is 0. The summed E-state index contributed by atoms with van der Waals surface area (Å²) in [6.07, 6.45) is 1.54. The van der Waals surface area contributed by atoms with Crippen LogP contribution in [-0.2, 0) is 56.2 Å². The summed E-state index contributed by atoms with van der Waals surface area (Å²) >= 11 is -2.45. The van der Waals surface area contributed by atoms with Gasteiger partial charge in [0, 0.05) is 0 Å². The molecule has 3 heteroatoms.